The first-order valence-corrected chi connectivity index (χ1v) is 11.5. The van der Waals surface area contributed by atoms with Gasteiger partial charge in [0.05, 0.1) is 26.2 Å². The molecule has 1 amide bonds. The molecule has 0 saturated heterocycles. The summed E-state index contributed by atoms with van der Waals surface area (Å²) < 4.78 is 37.1. The van der Waals surface area contributed by atoms with Crippen LogP contribution in [0.25, 0.3) is 0 Å². The summed E-state index contributed by atoms with van der Waals surface area (Å²) in [5, 5.41) is 10.7. The molecule has 1 aromatic carbocycles. The number of carbonyl (C=O) groups excluding carboxylic acids is 1. The fourth-order valence-electron chi connectivity index (χ4n) is 2.30. The van der Waals surface area contributed by atoms with E-state index in [1.54, 1.807) is 12.1 Å². The molecular weight excluding hydrogens is 412 g/mol. The highest BCUT2D eigenvalue weighted by atomic mass is 32.2. The normalized spacial score (nSPS) is 12.3. The van der Waals surface area contributed by atoms with E-state index in [1.165, 1.54) is 50.3 Å². The van der Waals surface area contributed by atoms with Crippen LogP contribution in [-0.2, 0) is 14.8 Å². The lowest BCUT2D eigenvalue weighted by Crippen LogP contribution is -2.45. The lowest BCUT2D eigenvalue weighted by molar-refractivity contribution is -0.116. The molecule has 12 heteroatoms. The summed E-state index contributed by atoms with van der Waals surface area (Å²) in [7, 11) is -0.929. The quantitative estimate of drug-likeness (QED) is 0.499. The van der Waals surface area contributed by atoms with Crippen molar-refractivity contribution >= 4 is 49.8 Å². The van der Waals surface area contributed by atoms with E-state index >= 15 is 0 Å². The molecule has 2 aromatic rings. The molecule has 1 aromatic heterocycles. The molecule has 1 atom stereocenters. The summed E-state index contributed by atoms with van der Waals surface area (Å²) in [4.78, 5) is 12.7. The van der Waals surface area contributed by atoms with Crippen molar-refractivity contribution < 1.29 is 22.7 Å². The Bertz CT molecular complexity index is 916. The van der Waals surface area contributed by atoms with Crippen LogP contribution in [0.4, 0.5) is 10.8 Å². The van der Waals surface area contributed by atoms with E-state index in [2.05, 4.69) is 15.5 Å². The van der Waals surface area contributed by atoms with E-state index in [4.69, 9.17) is 9.47 Å². The number of amides is 1. The van der Waals surface area contributed by atoms with Crippen molar-refractivity contribution in [3.63, 3.8) is 0 Å². The molecule has 0 aliphatic rings. The maximum Gasteiger partial charge on any atom is 0.249 e. The lowest BCUT2D eigenvalue weighted by atomic mass is 10.2. The van der Waals surface area contributed by atoms with Gasteiger partial charge in [0.25, 0.3) is 0 Å². The summed E-state index contributed by atoms with van der Waals surface area (Å²) >= 11 is 2.60. The molecule has 9 nitrogen and oxygen atoms in total. The minimum Gasteiger partial charge on any atom is -0.497 e. The number of carbonyl (C=O) groups is 1. The van der Waals surface area contributed by atoms with Gasteiger partial charge in [0.2, 0.25) is 21.1 Å². The van der Waals surface area contributed by atoms with E-state index in [0.29, 0.717) is 21.0 Å². The Morgan fingerprint density at radius 3 is 2.52 bits per heavy atom. The second-order valence-electron chi connectivity index (χ2n) is 5.34. The molecule has 0 aliphatic carbocycles. The van der Waals surface area contributed by atoms with Gasteiger partial charge < -0.3 is 9.47 Å². The smallest absolute Gasteiger partial charge is 0.249 e. The van der Waals surface area contributed by atoms with Crippen LogP contribution < -0.4 is 19.1 Å². The number of methoxy groups -OCH3 is 2. The highest BCUT2D eigenvalue weighted by Crippen LogP contribution is 2.35. The zero-order valence-corrected chi connectivity index (χ0v) is 17.9. The molecule has 1 unspecified atom stereocenters. The Labute approximate surface area is 166 Å². The maximum absolute atomic E-state index is 12.7. The van der Waals surface area contributed by atoms with Gasteiger partial charge in [-0.3, -0.25) is 14.4 Å². The van der Waals surface area contributed by atoms with Crippen molar-refractivity contribution in [2.75, 3.05) is 36.4 Å². The predicted octanol–water partition coefficient (Wildman–Crippen LogP) is 2.07. The van der Waals surface area contributed by atoms with E-state index in [0.717, 1.165) is 10.6 Å². The van der Waals surface area contributed by atoms with Gasteiger partial charge in [-0.2, -0.15) is 0 Å². The van der Waals surface area contributed by atoms with E-state index < -0.39 is 22.0 Å². The van der Waals surface area contributed by atoms with Crippen molar-refractivity contribution in [2.24, 2.45) is 0 Å². The number of anilines is 2. The third kappa shape index (κ3) is 5.02. The second kappa shape index (κ2) is 8.76. The van der Waals surface area contributed by atoms with Crippen LogP contribution in [0.2, 0.25) is 0 Å². The lowest BCUT2D eigenvalue weighted by Gasteiger charge is -2.29. The van der Waals surface area contributed by atoms with Crippen molar-refractivity contribution in [1.82, 2.24) is 10.2 Å². The summed E-state index contributed by atoms with van der Waals surface area (Å²) in [6, 6.07) is 3.65. The monoisotopic (exact) mass is 432 g/mol. The predicted molar refractivity (Wildman–Crippen MR) is 107 cm³/mol. The first-order chi connectivity index (χ1) is 12.7. The molecule has 1 N–H and O–H groups in total. The first kappa shape index (κ1) is 21.3. The van der Waals surface area contributed by atoms with E-state index in [9.17, 15) is 13.2 Å². The number of hydrogen-bond donors (Lipinski definition) is 1. The van der Waals surface area contributed by atoms with Crippen molar-refractivity contribution in [3.05, 3.63) is 18.2 Å². The highest BCUT2D eigenvalue weighted by molar-refractivity contribution is 8.00. The standard InChI is InChI=1S/C15H20N4O5S3/c1-9(13(20)16-14-17-18-15(25-4)26-14)19(27(5,21)22)11-8-10(23-2)6-7-12(11)24-3/h6-9H,1-5H3,(H,16,17,20). The average molecular weight is 433 g/mol. The van der Waals surface area contributed by atoms with Crippen molar-refractivity contribution in [2.45, 2.75) is 17.3 Å². The van der Waals surface area contributed by atoms with Crippen molar-refractivity contribution in [3.8, 4) is 11.5 Å². The molecule has 0 saturated carbocycles. The Hall–Kier alpha value is -2.05. The van der Waals surface area contributed by atoms with Gasteiger partial charge in [-0.1, -0.05) is 23.1 Å². The Kier molecular flexibility index (Phi) is 6.89. The number of sulfonamides is 1. The molecule has 0 radical (unpaired) electrons. The first-order valence-electron chi connectivity index (χ1n) is 7.61. The van der Waals surface area contributed by atoms with Crippen LogP contribution >= 0.6 is 23.1 Å². The number of nitrogens with zero attached hydrogens (tertiary/aromatic N) is 3. The summed E-state index contributed by atoms with van der Waals surface area (Å²) in [6.07, 6.45) is 2.86. The Morgan fingerprint density at radius 2 is 2.00 bits per heavy atom. The summed E-state index contributed by atoms with van der Waals surface area (Å²) in [6.45, 7) is 1.48. The minimum absolute atomic E-state index is 0.198. The van der Waals surface area contributed by atoms with Gasteiger partial charge in [-0.15, -0.1) is 10.2 Å². The van der Waals surface area contributed by atoms with E-state index in [1.807, 2.05) is 6.26 Å². The topological polar surface area (TPSA) is 111 Å². The molecule has 0 aliphatic heterocycles. The van der Waals surface area contributed by atoms with Crippen LogP contribution in [0.3, 0.4) is 0 Å². The number of hydrogen-bond acceptors (Lipinski definition) is 9. The van der Waals surface area contributed by atoms with Gasteiger partial charge in [0, 0.05) is 6.07 Å². The van der Waals surface area contributed by atoms with E-state index in [-0.39, 0.29) is 5.69 Å². The largest absolute Gasteiger partial charge is 0.497 e. The van der Waals surface area contributed by atoms with Gasteiger partial charge in [-0.25, -0.2) is 8.42 Å². The van der Waals surface area contributed by atoms with Crippen LogP contribution in [0.1, 0.15) is 6.92 Å². The molecule has 0 spiro atoms. The second-order valence-corrected chi connectivity index (χ2v) is 9.23. The number of nitrogens with one attached hydrogen (secondary N) is 1. The number of rotatable bonds is 8. The zero-order valence-electron chi connectivity index (χ0n) is 15.4. The Balaban J connectivity index is 2.40. The number of aromatic nitrogens is 2. The van der Waals surface area contributed by atoms with Gasteiger partial charge in [0.15, 0.2) is 4.34 Å². The minimum atomic E-state index is -3.81. The number of ether oxygens (including phenoxy) is 2. The van der Waals surface area contributed by atoms with Crippen molar-refractivity contribution in [1.29, 1.82) is 0 Å². The Morgan fingerprint density at radius 1 is 1.30 bits per heavy atom. The third-order valence-electron chi connectivity index (χ3n) is 3.52. The molecule has 0 bridgehead atoms. The van der Waals surface area contributed by atoms with Crippen LogP contribution in [0, 0.1) is 0 Å². The maximum atomic E-state index is 12.7. The van der Waals surface area contributed by atoms with Crippen LogP contribution in [0.5, 0.6) is 11.5 Å². The molecule has 27 heavy (non-hydrogen) atoms. The van der Waals surface area contributed by atoms with Gasteiger partial charge in [-0.05, 0) is 25.3 Å². The van der Waals surface area contributed by atoms with Gasteiger partial charge >= 0.3 is 0 Å². The zero-order chi connectivity index (χ0) is 20.2. The molecule has 0 fully saturated rings. The summed E-state index contributed by atoms with van der Waals surface area (Å²) in [5.41, 5.74) is 0.198. The highest BCUT2D eigenvalue weighted by Gasteiger charge is 2.32. The molecular formula is C15H20N4O5S3. The summed E-state index contributed by atoms with van der Waals surface area (Å²) in [5.74, 6) is 0.177. The molecule has 1 heterocycles. The van der Waals surface area contributed by atoms with Crippen LogP contribution in [0.15, 0.2) is 22.5 Å². The molecule has 2 rings (SSSR count). The fraction of sp³-hybridized carbons (Fsp3) is 0.400. The number of thioether (sulfide) groups is 1. The third-order valence-corrected chi connectivity index (χ3v) is 6.56. The number of benzene rings is 1. The SMILES string of the molecule is COc1ccc(OC)c(N(C(C)C(=O)Nc2nnc(SC)s2)S(C)(=O)=O)c1. The molecule has 148 valence electrons. The fourth-order valence-corrected chi connectivity index (χ4v) is 4.65. The van der Waals surface area contributed by atoms with Gasteiger partial charge in [0.1, 0.15) is 17.5 Å². The van der Waals surface area contributed by atoms with Crippen LogP contribution in [-0.4, -0.2) is 57.3 Å². The average Bonchev–Trinajstić information content (AvgIpc) is 3.08.